The van der Waals surface area contributed by atoms with Gasteiger partial charge in [-0.2, -0.15) is 0 Å². The summed E-state index contributed by atoms with van der Waals surface area (Å²) in [5.74, 6) is 0.0954. The van der Waals surface area contributed by atoms with Crippen molar-refractivity contribution in [2.75, 3.05) is 0 Å². The third-order valence-electron chi connectivity index (χ3n) is 5.22. The molecule has 34 heavy (non-hydrogen) atoms. The number of halogens is 1. The van der Waals surface area contributed by atoms with Crippen LogP contribution in [0.1, 0.15) is 31.3 Å². The standard InChI is InChI=1S/C26H25FN4O2S/c1-18(20-11-5-3-6-12-20)28-25(32)19(2)34-26-30-29-24(31(26)21-13-7-4-8-14-21)17-33-23-16-10-9-15-22(23)27/h3-16,18-19H,17H2,1-2H3,(H,28,32). The fourth-order valence-electron chi connectivity index (χ4n) is 3.38. The highest BCUT2D eigenvalue weighted by Crippen LogP contribution is 2.27. The maximum absolute atomic E-state index is 14.0. The van der Waals surface area contributed by atoms with Gasteiger partial charge >= 0.3 is 0 Å². The quantitative estimate of drug-likeness (QED) is 0.330. The minimum Gasteiger partial charge on any atom is -0.483 e. The first-order valence-electron chi connectivity index (χ1n) is 10.9. The summed E-state index contributed by atoms with van der Waals surface area (Å²) in [4.78, 5) is 12.9. The fourth-order valence-corrected chi connectivity index (χ4v) is 4.27. The molecule has 174 valence electrons. The second-order valence-electron chi connectivity index (χ2n) is 7.69. The van der Waals surface area contributed by atoms with Crippen LogP contribution in [-0.4, -0.2) is 25.9 Å². The lowest BCUT2D eigenvalue weighted by Crippen LogP contribution is -2.33. The van der Waals surface area contributed by atoms with Crippen molar-refractivity contribution in [2.24, 2.45) is 0 Å². The van der Waals surface area contributed by atoms with E-state index in [-0.39, 0.29) is 24.3 Å². The van der Waals surface area contributed by atoms with E-state index in [9.17, 15) is 9.18 Å². The second kappa shape index (κ2) is 11.0. The molecule has 0 aliphatic carbocycles. The average molecular weight is 477 g/mol. The highest BCUT2D eigenvalue weighted by atomic mass is 32.2. The molecule has 1 N–H and O–H groups in total. The molecular formula is C26H25FN4O2S. The number of carbonyl (C=O) groups excluding carboxylic acids is 1. The Bertz CT molecular complexity index is 1230. The number of amides is 1. The predicted octanol–water partition coefficient (Wildman–Crippen LogP) is 5.34. The Kier molecular flexibility index (Phi) is 7.59. The van der Waals surface area contributed by atoms with Crippen molar-refractivity contribution in [1.29, 1.82) is 0 Å². The number of benzene rings is 3. The molecule has 1 heterocycles. The van der Waals surface area contributed by atoms with E-state index in [1.807, 2.05) is 79.1 Å². The summed E-state index contributed by atoms with van der Waals surface area (Å²) < 4.78 is 21.5. The van der Waals surface area contributed by atoms with Gasteiger partial charge in [-0.25, -0.2) is 4.39 Å². The summed E-state index contributed by atoms with van der Waals surface area (Å²) in [7, 11) is 0. The molecule has 0 fully saturated rings. The van der Waals surface area contributed by atoms with E-state index in [4.69, 9.17) is 4.74 Å². The molecule has 1 aromatic heterocycles. The first-order valence-corrected chi connectivity index (χ1v) is 11.8. The number of nitrogens with zero attached hydrogens (tertiary/aromatic N) is 3. The third kappa shape index (κ3) is 5.63. The van der Waals surface area contributed by atoms with E-state index in [1.54, 1.807) is 18.2 Å². The van der Waals surface area contributed by atoms with Crippen LogP contribution in [0.25, 0.3) is 5.69 Å². The van der Waals surface area contributed by atoms with Gasteiger partial charge in [-0.05, 0) is 43.7 Å². The molecule has 0 aliphatic heterocycles. The van der Waals surface area contributed by atoms with Gasteiger partial charge in [-0.3, -0.25) is 9.36 Å². The van der Waals surface area contributed by atoms with Gasteiger partial charge in [0.15, 0.2) is 22.5 Å². The van der Waals surface area contributed by atoms with Gasteiger partial charge in [0.2, 0.25) is 5.91 Å². The Labute approximate surface area is 202 Å². The van der Waals surface area contributed by atoms with Crippen LogP contribution in [0.15, 0.2) is 90.1 Å². The minimum absolute atomic E-state index is 0.0228. The van der Waals surface area contributed by atoms with Gasteiger partial charge in [0, 0.05) is 5.69 Å². The van der Waals surface area contributed by atoms with E-state index in [2.05, 4.69) is 15.5 Å². The van der Waals surface area contributed by atoms with Crippen molar-refractivity contribution >= 4 is 17.7 Å². The Hall–Kier alpha value is -3.65. The summed E-state index contributed by atoms with van der Waals surface area (Å²) >= 11 is 1.30. The molecular weight excluding hydrogens is 451 g/mol. The maximum Gasteiger partial charge on any atom is 0.233 e. The van der Waals surface area contributed by atoms with Crippen molar-refractivity contribution in [3.05, 3.63) is 102 Å². The largest absolute Gasteiger partial charge is 0.483 e. The smallest absolute Gasteiger partial charge is 0.233 e. The number of thioether (sulfide) groups is 1. The Balaban J connectivity index is 1.52. The van der Waals surface area contributed by atoms with Crippen LogP contribution in [0.4, 0.5) is 4.39 Å². The number of rotatable bonds is 9. The van der Waals surface area contributed by atoms with Gasteiger partial charge in [0.1, 0.15) is 6.61 Å². The summed E-state index contributed by atoms with van der Waals surface area (Å²) in [5.41, 5.74) is 1.86. The second-order valence-corrected chi connectivity index (χ2v) is 9.00. The molecule has 0 saturated carbocycles. The molecule has 0 spiro atoms. The molecule has 8 heteroatoms. The zero-order valence-electron chi connectivity index (χ0n) is 18.9. The molecule has 2 atom stereocenters. The monoisotopic (exact) mass is 476 g/mol. The van der Waals surface area contributed by atoms with Crippen LogP contribution < -0.4 is 10.1 Å². The fraction of sp³-hybridized carbons (Fsp3) is 0.192. The van der Waals surface area contributed by atoms with Crippen molar-refractivity contribution in [2.45, 2.75) is 36.9 Å². The zero-order chi connectivity index (χ0) is 23.9. The first-order chi connectivity index (χ1) is 16.5. The SMILES string of the molecule is CC(Sc1nnc(COc2ccccc2F)n1-c1ccccc1)C(=O)NC(C)c1ccccc1. The van der Waals surface area contributed by atoms with Crippen LogP contribution in [0, 0.1) is 5.82 Å². The lowest BCUT2D eigenvalue weighted by molar-refractivity contribution is -0.120. The van der Waals surface area contributed by atoms with E-state index < -0.39 is 11.1 Å². The Morgan fingerprint density at radius 3 is 2.32 bits per heavy atom. The first kappa shape index (κ1) is 23.5. The zero-order valence-corrected chi connectivity index (χ0v) is 19.7. The van der Waals surface area contributed by atoms with E-state index in [1.165, 1.54) is 17.8 Å². The number of ether oxygens (including phenoxy) is 1. The van der Waals surface area contributed by atoms with E-state index >= 15 is 0 Å². The highest BCUT2D eigenvalue weighted by molar-refractivity contribution is 8.00. The Morgan fingerprint density at radius 1 is 0.971 bits per heavy atom. The molecule has 6 nitrogen and oxygen atoms in total. The maximum atomic E-state index is 14.0. The van der Waals surface area contributed by atoms with Gasteiger partial charge in [-0.1, -0.05) is 72.4 Å². The van der Waals surface area contributed by atoms with E-state index in [0.29, 0.717) is 11.0 Å². The molecule has 3 aromatic carbocycles. The Morgan fingerprint density at radius 2 is 1.62 bits per heavy atom. The number of hydrogen-bond acceptors (Lipinski definition) is 5. The predicted molar refractivity (Wildman–Crippen MR) is 130 cm³/mol. The average Bonchev–Trinajstić information content (AvgIpc) is 3.26. The summed E-state index contributed by atoms with van der Waals surface area (Å²) in [6, 6.07) is 25.5. The number of carbonyl (C=O) groups is 1. The number of para-hydroxylation sites is 2. The third-order valence-corrected chi connectivity index (χ3v) is 6.26. The van der Waals surface area contributed by atoms with Gasteiger partial charge in [0.05, 0.1) is 11.3 Å². The van der Waals surface area contributed by atoms with E-state index in [0.717, 1.165) is 11.3 Å². The van der Waals surface area contributed by atoms with Gasteiger partial charge < -0.3 is 10.1 Å². The molecule has 1 amide bonds. The topological polar surface area (TPSA) is 69.0 Å². The van der Waals surface area contributed by atoms with Crippen molar-refractivity contribution < 1.29 is 13.9 Å². The molecule has 0 bridgehead atoms. The van der Waals surface area contributed by atoms with Crippen LogP contribution in [0.3, 0.4) is 0 Å². The van der Waals surface area contributed by atoms with Gasteiger partial charge in [-0.15, -0.1) is 10.2 Å². The van der Waals surface area contributed by atoms with Crippen LogP contribution in [-0.2, 0) is 11.4 Å². The summed E-state index contributed by atoms with van der Waals surface area (Å²) in [5, 5.41) is 11.8. The molecule has 0 aliphatic rings. The van der Waals surface area contributed by atoms with Crippen molar-refractivity contribution in [1.82, 2.24) is 20.1 Å². The highest BCUT2D eigenvalue weighted by Gasteiger charge is 2.23. The molecule has 2 unspecified atom stereocenters. The summed E-state index contributed by atoms with van der Waals surface area (Å²) in [6.07, 6.45) is 0. The molecule has 0 saturated heterocycles. The van der Waals surface area contributed by atoms with Gasteiger partial charge in [0.25, 0.3) is 0 Å². The van der Waals surface area contributed by atoms with Crippen LogP contribution in [0.5, 0.6) is 5.75 Å². The lowest BCUT2D eigenvalue weighted by atomic mass is 10.1. The van der Waals surface area contributed by atoms with Crippen molar-refractivity contribution in [3.63, 3.8) is 0 Å². The number of nitrogens with one attached hydrogen (secondary N) is 1. The number of aromatic nitrogens is 3. The summed E-state index contributed by atoms with van der Waals surface area (Å²) in [6.45, 7) is 3.81. The number of hydrogen-bond donors (Lipinski definition) is 1. The lowest BCUT2D eigenvalue weighted by Gasteiger charge is -2.18. The molecule has 4 rings (SSSR count). The minimum atomic E-state index is -0.444. The van der Waals surface area contributed by atoms with Crippen LogP contribution >= 0.6 is 11.8 Å². The molecule has 4 aromatic rings. The molecule has 0 radical (unpaired) electrons. The van der Waals surface area contributed by atoms with Crippen molar-refractivity contribution in [3.8, 4) is 11.4 Å². The van der Waals surface area contributed by atoms with Crippen LogP contribution in [0.2, 0.25) is 0 Å². The normalized spacial score (nSPS) is 12.7.